The van der Waals surface area contributed by atoms with Gasteiger partial charge >= 0.3 is 0 Å². The fourth-order valence-electron chi connectivity index (χ4n) is 2.29. The van der Waals surface area contributed by atoms with Gasteiger partial charge in [0.05, 0.1) is 12.7 Å². The second-order valence-corrected chi connectivity index (χ2v) is 7.90. The van der Waals surface area contributed by atoms with Gasteiger partial charge in [-0.15, -0.1) is 0 Å². The number of rotatable bonds is 4. The van der Waals surface area contributed by atoms with Gasteiger partial charge in [0.2, 0.25) is 10.0 Å². The van der Waals surface area contributed by atoms with Crippen molar-refractivity contribution < 1.29 is 8.42 Å². The van der Waals surface area contributed by atoms with Gasteiger partial charge in [0.1, 0.15) is 5.82 Å². The first-order valence-corrected chi connectivity index (χ1v) is 9.12. The topological polar surface area (TPSA) is 121 Å². The summed E-state index contributed by atoms with van der Waals surface area (Å²) in [7, 11) is -3.67. The first-order valence-electron chi connectivity index (χ1n) is 6.75. The van der Waals surface area contributed by atoms with Gasteiger partial charge in [-0.3, -0.25) is 10.00 Å². The fraction of sp³-hybridized carbons (Fsp3) is 0.545. The number of nitrogens with two attached hydrogens (primary N) is 1. The van der Waals surface area contributed by atoms with Gasteiger partial charge in [0.25, 0.3) is 0 Å². The number of thiazole rings is 1. The fourth-order valence-corrected chi connectivity index (χ4v) is 3.88. The maximum atomic E-state index is 11.3. The number of nitrogens with zero attached hydrogens (tertiary/aromatic N) is 5. The monoisotopic (exact) mass is 343 g/mol. The van der Waals surface area contributed by atoms with Crippen molar-refractivity contribution in [3.8, 4) is 0 Å². The highest BCUT2D eigenvalue weighted by molar-refractivity contribution is 7.91. The molecule has 3 rings (SSSR count). The molecule has 0 unspecified atom stereocenters. The van der Waals surface area contributed by atoms with E-state index in [9.17, 15) is 8.42 Å². The maximum Gasteiger partial charge on any atom is 0.249 e. The molecular formula is C11H17N7O2S2. The van der Waals surface area contributed by atoms with Crippen molar-refractivity contribution in [3.05, 3.63) is 17.8 Å². The standard InChI is InChI=1S/C11H17N7O2S2/c1-8-14-9(16-15-8)7-17-2-4-18(5-3-17)11-13-6-10(21-11)22(12,19)20/h6H,2-5,7H2,1H3,(H2,12,19,20)(H,14,15,16). The molecule has 2 aromatic rings. The molecule has 0 bridgehead atoms. The van der Waals surface area contributed by atoms with Gasteiger partial charge in [-0.1, -0.05) is 11.3 Å². The Bertz CT molecular complexity index is 746. The van der Waals surface area contributed by atoms with Crippen LogP contribution in [0.25, 0.3) is 0 Å². The van der Waals surface area contributed by atoms with Crippen molar-refractivity contribution in [2.45, 2.75) is 17.7 Å². The van der Waals surface area contributed by atoms with Crippen LogP contribution in [0.4, 0.5) is 5.13 Å². The first kappa shape index (κ1) is 15.3. The lowest BCUT2D eigenvalue weighted by molar-refractivity contribution is 0.244. The second-order valence-electron chi connectivity index (χ2n) is 5.11. The number of aromatic amines is 1. The van der Waals surface area contributed by atoms with Crippen LogP contribution in [0.5, 0.6) is 0 Å². The normalized spacial score (nSPS) is 17.1. The Morgan fingerprint density at radius 3 is 2.64 bits per heavy atom. The minimum Gasteiger partial charge on any atom is -0.345 e. The van der Waals surface area contributed by atoms with Gasteiger partial charge in [-0.05, 0) is 6.92 Å². The summed E-state index contributed by atoms with van der Waals surface area (Å²) < 4.78 is 22.7. The molecule has 0 radical (unpaired) electrons. The van der Waals surface area contributed by atoms with Crippen molar-refractivity contribution in [1.29, 1.82) is 0 Å². The van der Waals surface area contributed by atoms with Gasteiger partial charge in [0, 0.05) is 26.2 Å². The van der Waals surface area contributed by atoms with Gasteiger partial charge in [-0.2, -0.15) is 5.10 Å². The van der Waals surface area contributed by atoms with Crippen molar-refractivity contribution >= 4 is 26.5 Å². The summed E-state index contributed by atoms with van der Waals surface area (Å²) in [6.45, 7) is 5.83. The molecule has 3 N–H and O–H groups in total. The number of aromatic nitrogens is 4. The van der Waals surface area contributed by atoms with Crippen LogP contribution in [-0.4, -0.2) is 59.7 Å². The predicted molar refractivity (Wildman–Crippen MR) is 82.1 cm³/mol. The van der Waals surface area contributed by atoms with Crippen LogP contribution in [0.15, 0.2) is 10.4 Å². The summed E-state index contributed by atoms with van der Waals surface area (Å²) in [6, 6.07) is 0. The second kappa shape index (κ2) is 5.91. The van der Waals surface area contributed by atoms with Crippen molar-refractivity contribution in [2.75, 3.05) is 31.1 Å². The van der Waals surface area contributed by atoms with E-state index < -0.39 is 10.0 Å². The molecule has 1 saturated heterocycles. The van der Waals surface area contributed by atoms with E-state index in [0.717, 1.165) is 49.2 Å². The summed E-state index contributed by atoms with van der Waals surface area (Å²) in [5.74, 6) is 1.60. The zero-order chi connectivity index (χ0) is 15.7. The van der Waals surface area contributed by atoms with E-state index in [-0.39, 0.29) is 4.21 Å². The third-order valence-electron chi connectivity index (χ3n) is 3.40. The smallest absolute Gasteiger partial charge is 0.249 e. The summed E-state index contributed by atoms with van der Waals surface area (Å²) >= 11 is 1.11. The molecule has 120 valence electrons. The number of primary sulfonamides is 1. The minimum atomic E-state index is -3.67. The third-order valence-corrected chi connectivity index (χ3v) is 5.87. The molecule has 1 aliphatic heterocycles. The molecule has 0 saturated carbocycles. The van der Waals surface area contributed by atoms with Crippen LogP contribution in [0.1, 0.15) is 11.6 Å². The Hall–Kier alpha value is -1.56. The highest BCUT2D eigenvalue weighted by Crippen LogP contribution is 2.26. The van der Waals surface area contributed by atoms with E-state index in [1.807, 2.05) is 6.92 Å². The van der Waals surface area contributed by atoms with Crippen LogP contribution in [-0.2, 0) is 16.6 Å². The number of H-pyrrole nitrogens is 1. The van der Waals surface area contributed by atoms with Crippen LogP contribution in [0, 0.1) is 6.92 Å². The van der Waals surface area contributed by atoms with E-state index in [0.29, 0.717) is 11.7 Å². The molecule has 0 aliphatic carbocycles. The van der Waals surface area contributed by atoms with Gasteiger partial charge < -0.3 is 4.90 Å². The van der Waals surface area contributed by atoms with Crippen molar-refractivity contribution in [3.63, 3.8) is 0 Å². The molecule has 0 atom stereocenters. The third kappa shape index (κ3) is 3.43. The number of piperazine rings is 1. The molecule has 0 amide bonds. The minimum absolute atomic E-state index is 0.0983. The number of aryl methyl sites for hydroxylation is 1. The van der Waals surface area contributed by atoms with E-state index in [2.05, 4.69) is 30.0 Å². The summed E-state index contributed by atoms with van der Waals surface area (Å²) in [4.78, 5) is 12.8. The molecule has 0 aromatic carbocycles. The molecule has 22 heavy (non-hydrogen) atoms. The van der Waals surface area contributed by atoms with E-state index in [4.69, 9.17) is 5.14 Å². The predicted octanol–water partition coefficient (Wildman–Crippen LogP) is -0.461. The summed E-state index contributed by atoms with van der Waals surface area (Å²) in [5.41, 5.74) is 0. The largest absolute Gasteiger partial charge is 0.345 e. The Balaban J connectivity index is 1.58. The Morgan fingerprint density at radius 1 is 1.36 bits per heavy atom. The molecule has 1 fully saturated rings. The molecular weight excluding hydrogens is 326 g/mol. The Labute approximate surface area is 132 Å². The maximum absolute atomic E-state index is 11.3. The number of sulfonamides is 1. The zero-order valence-corrected chi connectivity index (χ0v) is 13.7. The zero-order valence-electron chi connectivity index (χ0n) is 12.1. The lowest BCUT2D eigenvalue weighted by atomic mass is 10.3. The van der Waals surface area contributed by atoms with Crippen molar-refractivity contribution in [1.82, 2.24) is 25.1 Å². The quantitative estimate of drug-likeness (QED) is 0.770. The Kier molecular flexibility index (Phi) is 4.12. The number of nitrogens with one attached hydrogen (secondary N) is 1. The van der Waals surface area contributed by atoms with Crippen LogP contribution >= 0.6 is 11.3 Å². The summed E-state index contributed by atoms with van der Waals surface area (Å²) in [5, 5.41) is 12.8. The molecule has 9 nitrogen and oxygen atoms in total. The van der Waals surface area contributed by atoms with Crippen LogP contribution < -0.4 is 10.0 Å². The van der Waals surface area contributed by atoms with Gasteiger partial charge in [-0.25, -0.2) is 23.5 Å². The molecule has 11 heteroatoms. The van der Waals surface area contributed by atoms with E-state index in [1.165, 1.54) is 6.20 Å². The lowest BCUT2D eigenvalue weighted by Gasteiger charge is -2.33. The average Bonchev–Trinajstić information content (AvgIpc) is 3.08. The first-order chi connectivity index (χ1) is 10.4. The molecule has 1 aliphatic rings. The van der Waals surface area contributed by atoms with E-state index in [1.54, 1.807) is 0 Å². The Morgan fingerprint density at radius 2 is 2.09 bits per heavy atom. The molecule has 3 heterocycles. The number of hydrogen-bond donors (Lipinski definition) is 2. The number of anilines is 1. The average molecular weight is 343 g/mol. The van der Waals surface area contributed by atoms with Gasteiger partial charge in [0.15, 0.2) is 15.2 Å². The van der Waals surface area contributed by atoms with Crippen LogP contribution in [0.2, 0.25) is 0 Å². The van der Waals surface area contributed by atoms with E-state index >= 15 is 0 Å². The number of hydrogen-bond acceptors (Lipinski definition) is 8. The summed E-state index contributed by atoms with van der Waals surface area (Å²) in [6.07, 6.45) is 1.32. The van der Waals surface area contributed by atoms with Crippen molar-refractivity contribution in [2.24, 2.45) is 5.14 Å². The SMILES string of the molecule is Cc1nc(CN2CCN(c3ncc(S(N)(=O)=O)s3)CC2)n[nH]1. The van der Waals surface area contributed by atoms with Crippen LogP contribution in [0.3, 0.4) is 0 Å². The lowest BCUT2D eigenvalue weighted by Crippen LogP contribution is -2.46. The highest BCUT2D eigenvalue weighted by atomic mass is 32.2. The highest BCUT2D eigenvalue weighted by Gasteiger charge is 2.22. The molecule has 2 aromatic heterocycles. The molecule has 0 spiro atoms.